The largest absolute Gasteiger partial charge is 0.385 e. The molecular weight excluding hydrogens is 396 g/mol. The van der Waals surface area contributed by atoms with E-state index in [2.05, 4.69) is 5.32 Å². The molecule has 3 N–H and O–H groups in total. The van der Waals surface area contributed by atoms with Gasteiger partial charge in [-0.15, -0.1) is 23.7 Å². The smallest absolute Gasteiger partial charge is 0.247 e. The number of nitrogens with one attached hydrogen (secondary N) is 1. The van der Waals surface area contributed by atoms with Gasteiger partial charge in [0.1, 0.15) is 8.42 Å². The third kappa shape index (κ3) is 4.48. The van der Waals surface area contributed by atoms with Crippen molar-refractivity contribution in [3.63, 3.8) is 0 Å². The van der Waals surface area contributed by atoms with Crippen LogP contribution in [0.1, 0.15) is 37.8 Å². The SMILES string of the molecule is CCN[C@H]1C[C@H](CCCOC)S(=O)(=O)c2sc(S(N)(=O)=O)cc21.Cl. The van der Waals surface area contributed by atoms with Gasteiger partial charge in [-0.3, -0.25) is 0 Å². The van der Waals surface area contributed by atoms with E-state index in [9.17, 15) is 16.8 Å². The maximum atomic E-state index is 12.8. The van der Waals surface area contributed by atoms with E-state index < -0.39 is 25.1 Å². The van der Waals surface area contributed by atoms with Crippen LogP contribution < -0.4 is 10.5 Å². The van der Waals surface area contributed by atoms with Gasteiger partial charge >= 0.3 is 0 Å². The number of sulfonamides is 1. The fourth-order valence-corrected chi connectivity index (χ4v) is 7.56. The van der Waals surface area contributed by atoms with Crippen LogP contribution in [0.5, 0.6) is 0 Å². The molecule has 140 valence electrons. The Hall–Kier alpha value is -0.230. The van der Waals surface area contributed by atoms with Crippen LogP contribution in [0.15, 0.2) is 14.5 Å². The highest BCUT2D eigenvalue weighted by Gasteiger charge is 2.41. The average molecular weight is 419 g/mol. The summed E-state index contributed by atoms with van der Waals surface area (Å²) >= 11 is 0.750. The Bertz CT molecular complexity index is 761. The quantitative estimate of drug-likeness (QED) is 0.647. The van der Waals surface area contributed by atoms with Gasteiger partial charge in [0, 0.05) is 25.3 Å². The second-order valence-electron chi connectivity index (χ2n) is 5.50. The summed E-state index contributed by atoms with van der Waals surface area (Å²) in [4.78, 5) is 0. The average Bonchev–Trinajstić information content (AvgIpc) is 2.90. The molecule has 2 heterocycles. The lowest BCUT2D eigenvalue weighted by Gasteiger charge is -2.29. The number of halogens is 1. The van der Waals surface area contributed by atoms with Crippen molar-refractivity contribution in [1.29, 1.82) is 0 Å². The van der Waals surface area contributed by atoms with Crippen molar-refractivity contribution < 1.29 is 21.6 Å². The van der Waals surface area contributed by atoms with Crippen LogP contribution in [-0.2, 0) is 24.6 Å². The molecule has 2 atom stereocenters. The molecule has 0 aromatic carbocycles. The van der Waals surface area contributed by atoms with E-state index in [1.807, 2.05) is 6.92 Å². The molecule has 0 fully saturated rings. The Morgan fingerprint density at radius 3 is 2.67 bits per heavy atom. The number of fused-ring (bicyclic) bond motifs is 1. The van der Waals surface area contributed by atoms with Gasteiger partial charge in [-0.1, -0.05) is 6.92 Å². The molecule has 0 unspecified atom stereocenters. The van der Waals surface area contributed by atoms with Crippen molar-refractivity contribution in [1.82, 2.24) is 5.32 Å². The first-order chi connectivity index (χ1) is 10.7. The van der Waals surface area contributed by atoms with Crippen LogP contribution in [0, 0.1) is 0 Å². The van der Waals surface area contributed by atoms with Gasteiger partial charge < -0.3 is 10.1 Å². The molecule has 24 heavy (non-hydrogen) atoms. The summed E-state index contributed by atoms with van der Waals surface area (Å²) in [6.07, 6.45) is 1.55. The van der Waals surface area contributed by atoms with Crippen LogP contribution in [-0.4, -0.2) is 42.3 Å². The highest BCUT2D eigenvalue weighted by atomic mass is 35.5. The molecule has 7 nitrogen and oxygen atoms in total. The van der Waals surface area contributed by atoms with E-state index in [-0.39, 0.29) is 26.9 Å². The van der Waals surface area contributed by atoms with Crippen LogP contribution in [0.4, 0.5) is 0 Å². The van der Waals surface area contributed by atoms with Crippen LogP contribution >= 0.6 is 23.7 Å². The lowest BCUT2D eigenvalue weighted by atomic mass is 10.0. The summed E-state index contributed by atoms with van der Waals surface area (Å²) in [5, 5.41) is 7.86. The highest BCUT2D eigenvalue weighted by Crippen LogP contribution is 2.43. The number of methoxy groups -OCH3 is 1. The van der Waals surface area contributed by atoms with E-state index in [1.165, 1.54) is 6.07 Å². The lowest BCUT2D eigenvalue weighted by molar-refractivity contribution is 0.191. The first-order valence-corrected chi connectivity index (χ1v) is 11.3. The zero-order valence-electron chi connectivity index (χ0n) is 13.5. The summed E-state index contributed by atoms with van der Waals surface area (Å²) < 4.78 is 53.8. The summed E-state index contributed by atoms with van der Waals surface area (Å²) in [5.74, 6) is 0. The highest BCUT2D eigenvalue weighted by molar-refractivity contribution is 7.95. The number of nitrogens with two attached hydrogens (primary N) is 1. The molecule has 1 aromatic heterocycles. The van der Waals surface area contributed by atoms with E-state index in [0.29, 0.717) is 38.0 Å². The van der Waals surface area contributed by atoms with E-state index in [4.69, 9.17) is 9.88 Å². The molecule has 0 bridgehead atoms. The Balaban J connectivity index is 0.00000288. The van der Waals surface area contributed by atoms with Gasteiger partial charge in [-0.05, 0) is 31.9 Å². The minimum Gasteiger partial charge on any atom is -0.385 e. The van der Waals surface area contributed by atoms with Crippen molar-refractivity contribution in [2.45, 2.75) is 45.9 Å². The topological polar surface area (TPSA) is 116 Å². The second-order valence-corrected chi connectivity index (χ2v) is 10.8. The summed E-state index contributed by atoms with van der Waals surface area (Å²) in [7, 11) is -5.89. The predicted molar refractivity (Wildman–Crippen MR) is 96.1 cm³/mol. The van der Waals surface area contributed by atoms with Crippen molar-refractivity contribution in [2.24, 2.45) is 5.14 Å². The monoisotopic (exact) mass is 418 g/mol. The maximum absolute atomic E-state index is 12.8. The Morgan fingerprint density at radius 1 is 1.46 bits per heavy atom. The Labute approximate surface area is 153 Å². The number of sulfone groups is 1. The number of rotatable bonds is 7. The summed E-state index contributed by atoms with van der Waals surface area (Å²) in [5.41, 5.74) is 0.517. The molecule has 2 rings (SSSR count). The zero-order chi connectivity index (χ0) is 17.3. The van der Waals surface area contributed by atoms with Gasteiger partial charge in [0.15, 0.2) is 9.84 Å². The standard InChI is InChI=1S/C13H22N2O5S3.ClH/c1-3-15-11-7-9(5-4-6-20-2)22(16,17)13-10(11)8-12(21-13)23(14,18)19;/h8-9,11,15H,3-7H2,1-2H3,(H2,14,18,19);1H/t9-,11-;/m0./s1. The van der Waals surface area contributed by atoms with Crippen LogP contribution in [0.3, 0.4) is 0 Å². The second kappa shape index (κ2) is 8.43. The number of hydrogen-bond acceptors (Lipinski definition) is 7. The van der Waals surface area contributed by atoms with E-state index in [1.54, 1.807) is 7.11 Å². The minimum absolute atomic E-state index is 0. The van der Waals surface area contributed by atoms with Gasteiger partial charge in [0.05, 0.1) is 5.25 Å². The number of hydrogen-bond donors (Lipinski definition) is 2. The fraction of sp³-hybridized carbons (Fsp3) is 0.692. The van der Waals surface area contributed by atoms with Gasteiger partial charge in [0.2, 0.25) is 10.0 Å². The summed E-state index contributed by atoms with van der Waals surface area (Å²) in [6.45, 7) is 3.09. The third-order valence-corrected chi connectivity index (χ3v) is 9.25. The molecule has 1 aliphatic rings. The normalized spacial score (nSPS) is 22.6. The lowest BCUT2D eigenvalue weighted by Crippen LogP contribution is -2.35. The third-order valence-electron chi connectivity index (χ3n) is 3.88. The molecule has 0 aliphatic carbocycles. The molecule has 0 saturated carbocycles. The van der Waals surface area contributed by atoms with E-state index in [0.717, 1.165) is 11.3 Å². The van der Waals surface area contributed by atoms with Gasteiger partial charge in [-0.25, -0.2) is 22.0 Å². The number of primary sulfonamides is 1. The van der Waals surface area contributed by atoms with Gasteiger partial charge in [0.25, 0.3) is 0 Å². The van der Waals surface area contributed by atoms with Crippen LogP contribution in [0.25, 0.3) is 0 Å². The van der Waals surface area contributed by atoms with Crippen molar-refractivity contribution in [2.75, 3.05) is 20.3 Å². The molecule has 0 radical (unpaired) electrons. The molecule has 1 aliphatic heterocycles. The first kappa shape index (κ1) is 21.8. The Morgan fingerprint density at radius 2 is 2.12 bits per heavy atom. The Kier molecular flexibility index (Phi) is 7.67. The molecule has 1 aromatic rings. The van der Waals surface area contributed by atoms with Gasteiger partial charge in [-0.2, -0.15) is 0 Å². The molecule has 0 amide bonds. The van der Waals surface area contributed by atoms with E-state index >= 15 is 0 Å². The maximum Gasteiger partial charge on any atom is 0.247 e. The minimum atomic E-state index is -3.92. The molecule has 0 saturated heterocycles. The molecular formula is C13H23ClN2O5S3. The zero-order valence-corrected chi connectivity index (χ0v) is 16.8. The fourth-order valence-electron chi connectivity index (χ4n) is 2.81. The predicted octanol–water partition coefficient (Wildman–Crippen LogP) is 1.44. The van der Waals surface area contributed by atoms with Crippen molar-refractivity contribution in [3.8, 4) is 0 Å². The van der Waals surface area contributed by atoms with Crippen molar-refractivity contribution >= 4 is 43.6 Å². The first-order valence-electron chi connectivity index (χ1n) is 7.34. The van der Waals surface area contributed by atoms with Crippen molar-refractivity contribution in [3.05, 3.63) is 11.6 Å². The summed E-state index contributed by atoms with van der Waals surface area (Å²) in [6, 6.07) is 1.21. The number of ether oxygens (including phenoxy) is 1. The van der Waals surface area contributed by atoms with Crippen LogP contribution in [0.2, 0.25) is 0 Å². The number of thiophene rings is 1. The molecule has 11 heteroatoms. The molecule has 0 spiro atoms.